The topological polar surface area (TPSA) is 49.9 Å². The summed E-state index contributed by atoms with van der Waals surface area (Å²) in [5, 5.41) is 0. The number of hydrogen-bond donors (Lipinski definition) is 0. The minimum Gasteiger partial charge on any atom is -0.444 e. The van der Waals surface area contributed by atoms with Crippen molar-refractivity contribution in [3.63, 3.8) is 0 Å². The van der Waals surface area contributed by atoms with E-state index in [0.29, 0.717) is 12.1 Å². The van der Waals surface area contributed by atoms with Crippen LogP contribution >= 0.6 is 0 Å². The van der Waals surface area contributed by atoms with Crippen molar-refractivity contribution in [2.24, 2.45) is 5.92 Å². The van der Waals surface area contributed by atoms with Gasteiger partial charge in [0.05, 0.1) is 0 Å². The molecule has 0 atom stereocenters. The van der Waals surface area contributed by atoms with E-state index in [1.165, 1.54) is 17.7 Å². The quantitative estimate of drug-likeness (QED) is 0.796. The van der Waals surface area contributed by atoms with Gasteiger partial charge in [0.15, 0.2) is 0 Å². The van der Waals surface area contributed by atoms with Crippen LogP contribution in [0.2, 0.25) is 0 Å². The Labute approximate surface area is 140 Å². The maximum Gasteiger partial charge on any atom is 0.410 e. The molecule has 2 rings (SSSR count). The number of amides is 2. The third kappa shape index (κ3) is 5.40. The van der Waals surface area contributed by atoms with Crippen LogP contribution in [0, 0.1) is 5.92 Å². The molecular formula is C18H32N2O3. The number of hydrogen-bond acceptors (Lipinski definition) is 3. The van der Waals surface area contributed by atoms with Crippen LogP contribution in [0.4, 0.5) is 4.79 Å². The number of nitrogens with zero attached hydrogens (tertiary/aromatic N) is 2. The summed E-state index contributed by atoms with van der Waals surface area (Å²) < 4.78 is 5.33. The number of ether oxygens (including phenoxy) is 1. The molecular weight excluding hydrogens is 292 g/mol. The van der Waals surface area contributed by atoms with E-state index < -0.39 is 11.7 Å². The van der Waals surface area contributed by atoms with E-state index in [2.05, 4.69) is 11.8 Å². The van der Waals surface area contributed by atoms with Gasteiger partial charge in [0.2, 0.25) is 5.91 Å². The highest BCUT2D eigenvalue weighted by atomic mass is 16.6. The molecule has 0 saturated heterocycles. The zero-order valence-corrected chi connectivity index (χ0v) is 15.3. The molecule has 2 aliphatic rings. The summed E-state index contributed by atoms with van der Waals surface area (Å²) in [5.74, 6) is 0.840. The summed E-state index contributed by atoms with van der Waals surface area (Å²) in [7, 11) is 1.64. The molecule has 0 bridgehead atoms. The highest BCUT2D eigenvalue weighted by Crippen LogP contribution is 2.35. The van der Waals surface area contributed by atoms with Crippen molar-refractivity contribution in [3.8, 4) is 0 Å². The molecule has 0 radical (unpaired) electrons. The Bertz CT molecular complexity index is 432. The predicted octanol–water partition coefficient (Wildman–Crippen LogP) is 3.42. The molecule has 23 heavy (non-hydrogen) atoms. The number of carbonyl (C=O) groups excluding carboxylic acids is 2. The number of rotatable bonds is 4. The van der Waals surface area contributed by atoms with Gasteiger partial charge in [0.1, 0.15) is 12.1 Å². The van der Waals surface area contributed by atoms with Gasteiger partial charge in [-0.15, -0.1) is 0 Å². The Morgan fingerprint density at radius 1 is 1.00 bits per heavy atom. The molecule has 2 amide bonds. The molecule has 0 aromatic heterocycles. The van der Waals surface area contributed by atoms with Crippen molar-refractivity contribution in [2.75, 3.05) is 13.6 Å². The molecule has 2 saturated carbocycles. The highest BCUT2D eigenvalue weighted by Gasteiger charge is 2.39. The lowest BCUT2D eigenvalue weighted by Gasteiger charge is -2.37. The molecule has 132 valence electrons. The van der Waals surface area contributed by atoms with Crippen LogP contribution in [0.3, 0.4) is 0 Å². The summed E-state index contributed by atoms with van der Waals surface area (Å²) in [6, 6.07) is 0.756. The van der Waals surface area contributed by atoms with Crippen molar-refractivity contribution in [3.05, 3.63) is 0 Å². The smallest absolute Gasteiger partial charge is 0.410 e. The fourth-order valence-corrected chi connectivity index (χ4v) is 3.27. The maximum absolute atomic E-state index is 12.8. The molecule has 0 aliphatic heterocycles. The maximum atomic E-state index is 12.8. The van der Waals surface area contributed by atoms with Gasteiger partial charge in [-0.2, -0.15) is 0 Å². The van der Waals surface area contributed by atoms with E-state index in [1.807, 2.05) is 20.8 Å². The normalized spacial score (nSPS) is 24.9. The Kier molecular flexibility index (Phi) is 5.58. The first-order valence-electron chi connectivity index (χ1n) is 8.92. The zero-order valence-electron chi connectivity index (χ0n) is 15.3. The molecule has 0 heterocycles. The third-order valence-electron chi connectivity index (χ3n) is 4.68. The van der Waals surface area contributed by atoms with Crippen LogP contribution in [0.25, 0.3) is 0 Å². The fraction of sp³-hybridized carbons (Fsp3) is 0.889. The first kappa shape index (κ1) is 18.1. The van der Waals surface area contributed by atoms with Crippen molar-refractivity contribution in [1.82, 2.24) is 9.80 Å². The second kappa shape index (κ2) is 7.10. The predicted molar refractivity (Wildman–Crippen MR) is 90.2 cm³/mol. The average Bonchev–Trinajstić information content (AvgIpc) is 3.24. The van der Waals surface area contributed by atoms with E-state index in [1.54, 1.807) is 7.05 Å². The standard InChI is InChI=1S/C18H32N2O3/c1-13-6-8-14(9-7-13)20(15-10-11-15)16(21)12-19(5)17(22)23-18(2,3)4/h13-15H,6-12H2,1-5H3. The lowest BCUT2D eigenvalue weighted by Crippen LogP contribution is -2.48. The molecule has 2 fully saturated rings. The second-order valence-electron chi connectivity index (χ2n) is 8.28. The van der Waals surface area contributed by atoms with Crippen molar-refractivity contribution in [1.29, 1.82) is 0 Å². The van der Waals surface area contributed by atoms with Crippen molar-refractivity contribution < 1.29 is 14.3 Å². The lowest BCUT2D eigenvalue weighted by molar-refractivity contribution is -0.136. The zero-order chi connectivity index (χ0) is 17.2. The van der Waals surface area contributed by atoms with Crippen LogP contribution in [0.15, 0.2) is 0 Å². The van der Waals surface area contributed by atoms with Crippen molar-refractivity contribution in [2.45, 2.75) is 83.9 Å². The Morgan fingerprint density at radius 2 is 1.48 bits per heavy atom. The second-order valence-corrected chi connectivity index (χ2v) is 8.28. The molecule has 5 nitrogen and oxygen atoms in total. The van der Waals surface area contributed by atoms with Gasteiger partial charge in [-0.3, -0.25) is 4.79 Å². The van der Waals surface area contributed by atoms with E-state index in [4.69, 9.17) is 4.74 Å². The monoisotopic (exact) mass is 324 g/mol. The first-order valence-corrected chi connectivity index (χ1v) is 8.92. The van der Waals surface area contributed by atoms with E-state index in [-0.39, 0.29) is 12.5 Å². The van der Waals surface area contributed by atoms with Crippen molar-refractivity contribution >= 4 is 12.0 Å². The van der Waals surface area contributed by atoms with Crippen LogP contribution in [-0.4, -0.2) is 53.1 Å². The summed E-state index contributed by atoms with van der Waals surface area (Å²) in [4.78, 5) is 28.3. The summed E-state index contributed by atoms with van der Waals surface area (Å²) >= 11 is 0. The van der Waals surface area contributed by atoms with Gasteiger partial charge in [-0.25, -0.2) is 4.79 Å². The van der Waals surface area contributed by atoms with E-state index >= 15 is 0 Å². The van der Waals surface area contributed by atoms with Gasteiger partial charge in [-0.05, 0) is 65.2 Å². The summed E-state index contributed by atoms with van der Waals surface area (Å²) in [6.45, 7) is 7.90. The fourth-order valence-electron chi connectivity index (χ4n) is 3.27. The molecule has 0 aromatic rings. The Morgan fingerprint density at radius 3 is 1.91 bits per heavy atom. The largest absolute Gasteiger partial charge is 0.444 e. The molecule has 5 heteroatoms. The minimum atomic E-state index is -0.538. The van der Waals surface area contributed by atoms with Crippen LogP contribution in [-0.2, 0) is 9.53 Å². The Balaban J connectivity index is 1.92. The minimum absolute atomic E-state index is 0.0698. The summed E-state index contributed by atoms with van der Waals surface area (Å²) in [6.07, 6.45) is 6.37. The van der Waals surface area contributed by atoms with Crippen LogP contribution in [0.1, 0.15) is 66.2 Å². The van der Waals surface area contributed by atoms with Crippen LogP contribution in [0.5, 0.6) is 0 Å². The average molecular weight is 324 g/mol. The molecule has 0 aromatic carbocycles. The SMILES string of the molecule is CC1CCC(N(C(=O)CN(C)C(=O)OC(C)(C)C)C2CC2)CC1. The number of likely N-dealkylation sites (N-methyl/N-ethyl adjacent to an activating group) is 1. The highest BCUT2D eigenvalue weighted by molar-refractivity contribution is 5.83. The van der Waals surface area contributed by atoms with Gasteiger partial charge >= 0.3 is 6.09 Å². The van der Waals surface area contributed by atoms with E-state index in [0.717, 1.165) is 31.6 Å². The Hall–Kier alpha value is -1.26. The summed E-state index contributed by atoms with van der Waals surface area (Å²) in [5.41, 5.74) is -0.538. The van der Waals surface area contributed by atoms with Gasteiger partial charge < -0.3 is 14.5 Å². The van der Waals surface area contributed by atoms with Gasteiger partial charge in [-0.1, -0.05) is 6.92 Å². The van der Waals surface area contributed by atoms with Gasteiger partial charge in [0.25, 0.3) is 0 Å². The first-order chi connectivity index (χ1) is 10.7. The van der Waals surface area contributed by atoms with Crippen LogP contribution < -0.4 is 0 Å². The third-order valence-corrected chi connectivity index (χ3v) is 4.68. The lowest BCUT2D eigenvalue weighted by atomic mass is 9.86. The van der Waals surface area contributed by atoms with Gasteiger partial charge in [0, 0.05) is 19.1 Å². The molecule has 0 unspecified atom stereocenters. The molecule has 0 N–H and O–H groups in total. The number of carbonyl (C=O) groups is 2. The van der Waals surface area contributed by atoms with E-state index in [9.17, 15) is 9.59 Å². The molecule has 0 spiro atoms. The molecule has 2 aliphatic carbocycles.